The van der Waals surface area contributed by atoms with E-state index in [1.807, 2.05) is 12.1 Å². The van der Waals surface area contributed by atoms with Crippen molar-refractivity contribution in [2.45, 2.75) is 6.69 Å². The number of benzene rings is 1. The van der Waals surface area contributed by atoms with Gasteiger partial charge in [0.25, 0.3) is 0 Å². The number of alkyl halides is 3. The Morgan fingerprint density at radius 1 is 1.31 bits per heavy atom. The van der Waals surface area contributed by atoms with E-state index in [4.69, 9.17) is 21.5 Å². The van der Waals surface area contributed by atoms with Crippen LogP contribution in [-0.4, -0.2) is 66.2 Å². The maximum Gasteiger partial charge on any atom is 0.490 e. The van der Waals surface area contributed by atoms with Crippen LogP contribution in [0.3, 0.4) is 0 Å². The van der Waals surface area contributed by atoms with Crippen molar-refractivity contribution < 1.29 is 23.1 Å². The Bertz CT molecular complexity index is 338. The van der Waals surface area contributed by atoms with Crippen molar-refractivity contribution in [1.82, 2.24) is 0 Å². The van der Waals surface area contributed by atoms with Gasteiger partial charge in [-0.1, -0.05) is 0 Å². The molecule has 0 aliphatic rings. The van der Waals surface area contributed by atoms with Crippen LogP contribution in [0.2, 0.25) is 5.02 Å². The Labute approximate surface area is 129 Å². The van der Waals surface area contributed by atoms with Gasteiger partial charge in [-0.2, -0.15) is 13.2 Å². The minimum absolute atomic E-state index is 0.833. The van der Waals surface area contributed by atoms with Gasteiger partial charge in [0.15, 0.2) is 0 Å². The van der Waals surface area contributed by atoms with E-state index in [9.17, 15) is 13.2 Å². The maximum absolute atomic E-state index is 10.6. The normalized spacial score (nSPS) is 10.4. The summed E-state index contributed by atoms with van der Waals surface area (Å²) in [6.07, 6.45) is -5.08. The molecule has 0 amide bonds. The van der Waals surface area contributed by atoms with Gasteiger partial charge in [0, 0.05) is 0 Å². The summed E-state index contributed by atoms with van der Waals surface area (Å²) in [5.41, 5.74) is 1.42. The third-order valence-electron chi connectivity index (χ3n) is 1.56. The van der Waals surface area contributed by atoms with E-state index >= 15 is 0 Å². The van der Waals surface area contributed by atoms with Crippen molar-refractivity contribution in [3.63, 3.8) is 0 Å². The van der Waals surface area contributed by atoms with Crippen molar-refractivity contribution in [3.8, 4) is 0 Å². The van der Waals surface area contributed by atoms with Crippen molar-refractivity contribution in [3.05, 3.63) is 34.9 Å². The molecular formula is C9H7ClF3KO2. The van der Waals surface area contributed by atoms with Crippen LogP contribution in [0.15, 0.2) is 24.3 Å². The molecule has 16 heavy (non-hydrogen) atoms. The number of carboxylic acids is 1. The van der Waals surface area contributed by atoms with Crippen molar-refractivity contribution in [1.29, 1.82) is 0 Å². The summed E-state index contributed by atoms with van der Waals surface area (Å²) < 4.78 is 33.0. The number of rotatable bonds is 1. The summed E-state index contributed by atoms with van der Waals surface area (Å²) in [4.78, 5) is 8.90. The van der Waals surface area contributed by atoms with Crippen LogP contribution in [-0.2, 0) is 5.31 Å². The zero-order valence-corrected chi connectivity index (χ0v) is 12.3. The molecular weight excluding hydrogens is 272 g/mol. The summed E-state index contributed by atoms with van der Waals surface area (Å²) in [6.45, 7) is 0. The van der Waals surface area contributed by atoms with Crippen molar-refractivity contribution in [2.24, 2.45) is 0 Å². The second kappa shape index (κ2) is 7.68. The summed E-state index contributed by atoms with van der Waals surface area (Å²) in [6, 6.07) is 8.08. The number of aliphatic carboxylic acids is 1. The summed E-state index contributed by atoms with van der Waals surface area (Å²) in [5, 5.41) is 7.96. The van der Waals surface area contributed by atoms with E-state index in [1.54, 1.807) is 0 Å². The molecule has 0 heterocycles. The Kier molecular flexibility index (Phi) is 7.87. The summed E-state index contributed by atoms with van der Waals surface area (Å²) in [5.74, 6) is -2.76. The number of hydrogen-bond acceptors (Lipinski definition) is 1. The van der Waals surface area contributed by atoms with Gasteiger partial charge in [-0.15, -0.1) is 0 Å². The second-order valence-corrected chi connectivity index (χ2v) is 4.32. The van der Waals surface area contributed by atoms with E-state index in [2.05, 4.69) is 12.1 Å². The topological polar surface area (TPSA) is 37.3 Å². The molecule has 84 valence electrons. The average Bonchev–Trinajstić information content (AvgIpc) is 2.18. The molecule has 0 saturated heterocycles. The molecule has 7 heteroatoms. The number of hydrogen-bond donors (Lipinski definition) is 1. The van der Waals surface area contributed by atoms with E-state index in [-0.39, 0.29) is 0 Å². The average molecular weight is 279 g/mol. The van der Waals surface area contributed by atoms with Gasteiger partial charge in [0.2, 0.25) is 0 Å². The van der Waals surface area contributed by atoms with E-state index in [0.29, 0.717) is 0 Å². The molecule has 1 N–H and O–H groups in total. The Morgan fingerprint density at radius 2 is 1.69 bits per heavy atom. The predicted molar refractivity (Wildman–Crippen MR) is 54.6 cm³/mol. The number of halogens is 4. The van der Waals surface area contributed by atoms with E-state index < -0.39 is 12.1 Å². The minimum Gasteiger partial charge on any atom is -0.475 e. The molecule has 1 rings (SSSR count). The molecule has 0 unspecified atom stereocenters. The first kappa shape index (κ1) is 16.4. The number of carboxylic acid groups (broad SMARTS) is 1. The quantitative estimate of drug-likeness (QED) is 0.802. The van der Waals surface area contributed by atoms with Gasteiger partial charge in [0.05, 0.1) is 0 Å². The molecule has 0 bridgehead atoms. The first-order valence-electron chi connectivity index (χ1n) is 4.32. The first-order valence-corrected chi connectivity index (χ1v) is 6.90. The zero-order chi connectivity index (χ0) is 12.8. The second-order valence-electron chi connectivity index (χ2n) is 2.78. The molecule has 0 saturated carbocycles. The van der Waals surface area contributed by atoms with Crippen molar-refractivity contribution in [2.75, 3.05) is 0 Å². The Morgan fingerprint density at radius 3 is 1.94 bits per heavy atom. The standard InChI is InChI=1S/C7H6Cl.C2HF3O2.K/c1-6-2-4-7(8)5-3-6;3-2(4,5)1(6)7;/h2-5H,1H2;(H,6,7);. The summed E-state index contributed by atoms with van der Waals surface area (Å²) >= 11 is 6.60. The molecule has 1 aromatic carbocycles. The third-order valence-corrected chi connectivity index (χ3v) is 3.09. The molecule has 0 spiro atoms. The van der Waals surface area contributed by atoms with Gasteiger partial charge in [-0.3, -0.25) is 0 Å². The molecule has 0 fully saturated rings. The van der Waals surface area contributed by atoms with E-state index in [1.165, 1.54) is 6.08 Å². The zero-order valence-electron chi connectivity index (χ0n) is 8.38. The predicted octanol–water partition coefficient (Wildman–Crippen LogP) is 2.64. The maximum atomic E-state index is 10.6. The number of carbonyl (C=O) groups is 1. The molecule has 2 nitrogen and oxygen atoms in total. The minimum atomic E-state index is -5.08. The van der Waals surface area contributed by atoms with Crippen LogP contribution >= 0.6 is 11.6 Å². The van der Waals surface area contributed by atoms with Crippen LogP contribution in [0.1, 0.15) is 5.56 Å². The Balaban J connectivity index is 0.000000293. The van der Waals surface area contributed by atoms with Crippen LogP contribution in [0.5, 0.6) is 0 Å². The fraction of sp³-hybridized carbons (Fsp3) is 0.222. The van der Waals surface area contributed by atoms with Gasteiger partial charge in [-0.05, 0) is 0 Å². The molecule has 0 aromatic heterocycles. The van der Waals surface area contributed by atoms with Gasteiger partial charge < -0.3 is 5.11 Å². The smallest absolute Gasteiger partial charge is 0.475 e. The van der Waals surface area contributed by atoms with Crippen molar-refractivity contribution >= 4 is 66.5 Å². The van der Waals surface area contributed by atoms with E-state index in [0.717, 1.165) is 54.0 Å². The van der Waals surface area contributed by atoms with Gasteiger partial charge >= 0.3 is 108 Å². The molecule has 0 aliphatic carbocycles. The SMILES string of the molecule is Clc1ccc([CH2][K])cc1.O=C(O)C(F)(F)F. The third kappa shape index (κ3) is 7.64. The molecule has 0 atom stereocenters. The van der Waals surface area contributed by atoms with Gasteiger partial charge in [-0.25, -0.2) is 4.79 Å². The monoisotopic (exact) mass is 278 g/mol. The van der Waals surface area contributed by atoms with Crippen LogP contribution in [0.25, 0.3) is 0 Å². The summed E-state index contributed by atoms with van der Waals surface area (Å²) in [7, 11) is 0. The fourth-order valence-corrected chi connectivity index (χ4v) is 1.58. The van der Waals surface area contributed by atoms with Crippen LogP contribution in [0.4, 0.5) is 13.2 Å². The van der Waals surface area contributed by atoms with Crippen LogP contribution in [0, 0.1) is 0 Å². The Hall–Kier alpha value is 0.406. The molecule has 1 aromatic rings. The van der Waals surface area contributed by atoms with Crippen LogP contribution < -0.4 is 0 Å². The first-order chi connectivity index (χ1) is 7.27. The van der Waals surface area contributed by atoms with Gasteiger partial charge in [0.1, 0.15) is 0 Å². The molecule has 0 radical (unpaired) electrons. The largest absolute Gasteiger partial charge is 0.490 e. The fourth-order valence-electron chi connectivity index (χ4n) is 0.720. The molecule has 0 aliphatic heterocycles.